The van der Waals surface area contributed by atoms with E-state index in [1.807, 2.05) is 0 Å². The van der Waals surface area contributed by atoms with Crippen molar-refractivity contribution in [2.24, 2.45) is 0 Å². The van der Waals surface area contributed by atoms with Crippen LogP contribution in [-0.2, 0) is 10.4 Å². The van der Waals surface area contributed by atoms with Crippen LogP contribution in [0.15, 0.2) is 0 Å². The second-order valence-electron chi connectivity index (χ2n) is 0.448. The molecule has 0 spiro atoms. The van der Waals surface area contributed by atoms with Gasteiger partial charge in [-0.2, -0.15) is 8.42 Å². The molecule has 0 aliphatic carbocycles. The van der Waals surface area contributed by atoms with Crippen molar-refractivity contribution in [2.45, 2.75) is 0 Å². The van der Waals surface area contributed by atoms with E-state index in [0.29, 0.717) is 0 Å². The molecule has 0 aliphatic rings. The fourth-order valence-corrected chi connectivity index (χ4v) is 0. The van der Waals surface area contributed by atoms with Gasteiger partial charge >= 0.3 is 93.6 Å². The average molecular weight is 266 g/mol. The van der Waals surface area contributed by atoms with Gasteiger partial charge in [-0.1, -0.05) is 0 Å². The van der Waals surface area contributed by atoms with Crippen LogP contribution in [0.1, 0.15) is 0 Å². The summed E-state index contributed by atoms with van der Waals surface area (Å²) < 4.78 is 31.6. The van der Waals surface area contributed by atoms with Crippen molar-refractivity contribution in [3.05, 3.63) is 0 Å². The Morgan fingerprint density at radius 2 is 1.00 bits per heavy atom. The Balaban J connectivity index is -0.0000000133. The van der Waals surface area contributed by atoms with Crippen LogP contribution < -0.4 is 0 Å². The molecule has 0 unspecified atom stereocenters. The van der Waals surface area contributed by atoms with Crippen LogP contribution in [0.4, 0.5) is 0 Å². The SMILES string of the molecule is O.O.O=S(=O)(O)O.[CaH2].[SrH2]. The minimum absolute atomic E-state index is 0. The van der Waals surface area contributed by atoms with Crippen LogP contribution in [-0.4, -0.2) is 112 Å². The molecule has 0 fully saturated rings. The average Bonchev–Trinajstić information content (AvgIpc) is 0.722. The molecule has 0 radical (unpaired) electrons. The third-order valence-corrected chi connectivity index (χ3v) is 0. The predicted molar refractivity (Wildman–Crippen MR) is 38.5 cm³/mol. The van der Waals surface area contributed by atoms with Crippen molar-refractivity contribution >= 4 is 93.6 Å². The van der Waals surface area contributed by atoms with Crippen molar-refractivity contribution in [3.63, 3.8) is 0 Å². The molecule has 0 rings (SSSR count). The quantitative estimate of drug-likeness (QED) is 0.339. The first kappa shape index (κ1) is 30.0. The van der Waals surface area contributed by atoms with E-state index in [1.54, 1.807) is 0 Å². The molecule has 0 heterocycles. The molecule has 0 aliphatic heterocycles. The van der Waals surface area contributed by atoms with E-state index in [0.717, 1.165) is 0 Å². The van der Waals surface area contributed by atoms with Crippen LogP contribution >= 0.6 is 0 Å². The maximum atomic E-state index is 8.74. The molecule has 56 valence electrons. The summed E-state index contributed by atoms with van der Waals surface area (Å²) in [4.78, 5) is 0. The van der Waals surface area contributed by atoms with Gasteiger partial charge in [-0.05, 0) is 0 Å². The fraction of sp³-hybridized carbons (Fsp3) is 0. The Morgan fingerprint density at radius 1 is 1.00 bits per heavy atom. The number of rotatable bonds is 0. The molecule has 9 heavy (non-hydrogen) atoms. The first-order chi connectivity index (χ1) is 2.00. The van der Waals surface area contributed by atoms with E-state index in [9.17, 15) is 0 Å². The Bertz CT molecular complexity index is 96.2. The summed E-state index contributed by atoms with van der Waals surface area (Å²) in [7, 11) is -4.67. The van der Waals surface area contributed by atoms with Crippen LogP contribution in [0.3, 0.4) is 0 Å². The minimum atomic E-state index is -4.67. The second-order valence-corrected chi connectivity index (χ2v) is 1.34. The maximum absolute atomic E-state index is 8.74. The molecule has 0 aromatic heterocycles. The van der Waals surface area contributed by atoms with E-state index in [2.05, 4.69) is 0 Å². The van der Waals surface area contributed by atoms with Gasteiger partial charge in [0.25, 0.3) is 0 Å². The van der Waals surface area contributed by atoms with E-state index < -0.39 is 10.4 Å². The zero-order chi connectivity index (χ0) is 4.50. The Morgan fingerprint density at radius 3 is 1.00 bits per heavy atom. The summed E-state index contributed by atoms with van der Waals surface area (Å²) in [6.07, 6.45) is 0. The Hall–Kier alpha value is 2.53. The van der Waals surface area contributed by atoms with Gasteiger partial charge in [-0.15, -0.1) is 0 Å². The fourth-order valence-electron chi connectivity index (χ4n) is 0. The summed E-state index contributed by atoms with van der Waals surface area (Å²) >= 11 is 0. The molecular weight excluding hydrogens is 256 g/mol. The Kier molecular flexibility index (Phi) is 43.8. The monoisotopic (exact) mass is 266 g/mol. The topological polar surface area (TPSA) is 138 Å². The van der Waals surface area contributed by atoms with Crippen LogP contribution in [0, 0.1) is 0 Å². The first-order valence-corrected chi connectivity index (χ1v) is 2.10. The molecule has 0 atom stereocenters. The molecule has 0 aromatic carbocycles. The number of hydrogen-bond acceptors (Lipinski definition) is 2. The van der Waals surface area contributed by atoms with Crippen LogP contribution in [0.2, 0.25) is 0 Å². The van der Waals surface area contributed by atoms with Crippen LogP contribution in [0.25, 0.3) is 0 Å². The van der Waals surface area contributed by atoms with Gasteiger partial charge in [0.1, 0.15) is 0 Å². The first-order valence-electron chi connectivity index (χ1n) is 0.698. The standard InChI is InChI=1S/Ca.H2O4S.2H2O.Sr.4H/c;1-5(2,3)4;;;;;;;/h;(H2,1,2,3,4);2*1H2;;;;;. The molecule has 0 amide bonds. The molecule has 6 N–H and O–H groups in total. The van der Waals surface area contributed by atoms with Crippen molar-refractivity contribution in [2.75, 3.05) is 0 Å². The summed E-state index contributed by atoms with van der Waals surface area (Å²) in [5.41, 5.74) is 0. The molecule has 0 aromatic rings. The number of hydrogen-bond donors (Lipinski definition) is 2. The predicted octanol–water partition coefficient (Wildman–Crippen LogP) is -4.13. The summed E-state index contributed by atoms with van der Waals surface area (Å²) in [5.74, 6) is 0. The summed E-state index contributed by atoms with van der Waals surface area (Å²) in [5, 5.41) is 0. The summed E-state index contributed by atoms with van der Waals surface area (Å²) in [6, 6.07) is 0. The molecule has 0 bridgehead atoms. The van der Waals surface area contributed by atoms with Crippen molar-refractivity contribution < 1.29 is 28.5 Å². The molecule has 9 heteroatoms. The van der Waals surface area contributed by atoms with E-state index >= 15 is 0 Å². The van der Waals surface area contributed by atoms with Gasteiger partial charge in [0.2, 0.25) is 0 Å². The van der Waals surface area contributed by atoms with Gasteiger partial charge in [-0.3, -0.25) is 9.11 Å². The Labute approximate surface area is 119 Å². The van der Waals surface area contributed by atoms with Crippen molar-refractivity contribution in [3.8, 4) is 0 Å². The third kappa shape index (κ3) is 120. The van der Waals surface area contributed by atoms with Gasteiger partial charge < -0.3 is 11.0 Å². The molecule has 6 nitrogen and oxygen atoms in total. The normalized spacial score (nSPS) is 6.44. The molecule has 0 saturated heterocycles. The van der Waals surface area contributed by atoms with E-state index in [4.69, 9.17) is 17.5 Å². The van der Waals surface area contributed by atoms with E-state index in [-0.39, 0.29) is 94.2 Å². The van der Waals surface area contributed by atoms with Crippen molar-refractivity contribution in [1.29, 1.82) is 0 Å². The molecular formula is H10CaO6SSr. The van der Waals surface area contributed by atoms with E-state index in [1.165, 1.54) is 0 Å². The van der Waals surface area contributed by atoms with Gasteiger partial charge in [0.05, 0.1) is 0 Å². The van der Waals surface area contributed by atoms with Gasteiger partial charge in [-0.25, -0.2) is 0 Å². The zero-order valence-corrected chi connectivity index (χ0v) is 3.94. The zero-order valence-electron chi connectivity index (χ0n) is 3.12. The molecule has 0 saturated carbocycles. The van der Waals surface area contributed by atoms with Gasteiger partial charge in [0, 0.05) is 0 Å². The van der Waals surface area contributed by atoms with Crippen LogP contribution in [0.5, 0.6) is 0 Å². The third-order valence-electron chi connectivity index (χ3n) is 0. The second kappa shape index (κ2) is 13.1. The summed E-state index contributed by atoms with van der Waals surface area (Å²) in [6.45, 7) is 0. The van der Waals surface area contributed by atoms with Gasteiger partial charge in [0.15, 0.2) is 0 Å². The van der Waals surface area contributed by atoms with Crippen molar-refractivity contribution in [1.82, 2.24) is 0 Å².